The van der Waals surface area contributed by atoms with Gasteiger partial charge in [-0.05, 0) is 31.0 Å². The van der Waals surface area contributed by atoms with E-state index in [1.54, 1.807) is 11.9 Å². The van der Waals surface area contributed by atoms with Crippen molar-refractivity contribution in [3.8, 4) is 0 Å². The molecule has 1 rings (SSSR count). The first-order chi connectivity index (χ1) is 8.95. The lowest BCUT2D eigenvalue weighted by molar-refractivity contribution is -0.140. The first-order valence-electron chi connectivity index (χ1n) is 6.04. The molecule has 1 aromatic rings. The minimum Gasteiger partial charge on any atom is -0.469 e. The van der Waals surface area contributed by atoms with Gasteiger partial charge < -0.3 is 9.64 Å². The largest absolute Gasteiger partial charge is 0.469 e. The molecule has 1 aromatic carbocycles. The van der Waals surface area contributed by atoms with Gasteiger partial charge in [-0.3, -0.25) is 9.59 Å². The SMILES string of the molecule is COC(=O)CCCN(C)C(=O)c1cc(Br)ccc1C. The average Bonchev–Trinajstić information content (AvgIpc) is 2.40. The number of esters is 1. The number of carbonyl (C=O) groups is 2. The highest BCUT2D eigenvalue weighted by Gasteiger charge is 2.14. The molecule has 0 saturated carbocycles. The van der Waals surface area contributed by atoms with Gasteiger partial charge in [-0.15, -0.1) is 0 Å². The van der Waals surface area contributed by atoms with Crippen molar-refractivity contribution in [1.29, 1.82) is 0 Å². The monoisotopic (exact) mass is 327 g/mol. The maximum Gasteiger partial charge on any atom is 0.305 e. The Balaban J connectivity index is 2.61. The van der Waals surface area contributed by atoms with Crippen molar-refractivity contribution in [2.75, 3.05) is 20.7 Å². The standard InChI is InChI=1S/C14H18BrNO3/c1-10-6-7-11(15)9-12(10)14(18)16(2)8-4-5-13(17)19-3/h6-7,9H,4-5,8H2,1-3H3. The second kappa shape index (κ2) is 7.28. The van der Waals surface area contributed by atoms with E-state index in [2.05, 4.69) is 20.7 Å². The molecule has 0 radical (unpaired) electrons. The van der Waals surface area contributed by atoms with E-state index in [0.29, 0.717) is 24.9 Å². The molecular formula is C14H18BrNO3. The van der Waals surface area contributed by atoms with Crippen LogP contribution >= 0.6 is 15.9 Å². The van der Waals surface area contributed by atoms with Crippen LogP contribution in [0.2, 0.25) is 0 Å². The second-order valence-corrected chi connectivity index (χ2v) is 5.28. The summed E-state index contributed by atoms with van der Waals surface area (Å²) in [4.78, 5) is 24.9. The topological polar surface area (TPSA) is 46.6 Å². The highest BCUT2D eigenvalue weighted by molar-refractivity contribution is 9.10. The fraction of sp³-hybridized carbons (Fsp3) is 0.429. The summed E-state index contributed by atoms with van der Waals surface area (Å²) in [7, 11) is 3.10. The normalized spacial score (nSPS) is 10.1. The molecule has 0 fully saturated rings. The Bertz CT molecular complexity index is 474. The van der Waals surface area contributed by atoms with E-state index in [1.807, 2.05) is 25.1 Å². The molecule has 0 saturated heterocycles. The Labute approximate surface area is 121 Å². The maximum atomic E-state index is 12.3. The van der Waals surface area contributed by atoms with Crippen molar-refractivity contribution in [2.24, 2.45) is 0 Å². The van der Waals surface area contributed by atoms with E-state index in [0.717, 1.165) is 10.0 Å². The molecule has 104 valence electrons. The molecule has 0 N–H and O–H groups in total. The van der Waals surface area contributed by atoms with Crippen molar-refractivity contribution in [1.82, 2.24) is 4.90 Å². The van der Waals surface area contributed by atoms with Gasteiger partial charge in [0.15, 0.2) is 0 Å². The van der Waals surface area contributed by atoms with E-state index in [-0.39, 0.29) is 11.9 Å². The fourth-order valence-electron chi connectivity index (χ4n) is 1.69. The Morgan fingerprint density at radius 1 is 1.37 bits per heavy atom. The minimum absolute atomic E-state index is 0.0383. The van der Waals surface area contributed by atoms with Crippen LogP contribution in [0, 0.1) is 6.92 Å². The summed E-state index contributed by atoms with van der Waals surface area (Å²) in [6.07, 6.45) is 0.924. The van der Waals surface area contributed by atoms with Gasteiger partial charge in [-0.2, -0.15) is 0 Å². The lowest BCUT2D eigenvalue weighted by Gasteiger charge is -2.18. The number of carbonyl (C=O) groups excluding carboxylic acids is 2. The van der Waals surface area contributed by atoms with E-state index in [1.165, 1.54) is 7.11 Å². The molecule has 0 heterocycles. The number of hydrogen-bond donors (Lipinski definition) is 0. The number of methoxy groups -OCH3 is 1. The molecule has 0 spiro atoms. The summed E-state index contributed by atoms with van der Waals surface area (Å²) in [5, 5.41) is 0. The molecule has 0 unspecified atom stereocenters. The van der Waals surface area contributed by atoms with Crippen LogP contribution in [0.4, 0.5) is 0 Å². The van der Waals surface area contributed by atoms with Crippen LogP contribution in [0.1, 0.15) is 28.8 Å². The van der Waals surface area contributed by atoms with E-state index in [4.69, 9.17) is 0 Å². The Hall–Kier alpha value is -1.36. The molecular weight excluding hydrogens is 310 g/mol. The summed E-state index contributed by atoms with van der Waals surface area (Å²) in [6, 6.07) is 5.62. The molecule has 4 nitrogen and oxygen atoms in total. The van der Waals surface area contributed by atoms with Crippen molar-refractivity contribution in [3.05, 3.63) is 33.8 Å². The van der Waals surface area contributed by atoms with E-state index in [9.17, 15) is 9.59 Å². The van der Waals surface area contributed by atoms with Crippen molar-refractivity contribution < 1.29 is 14.3 Å². The predicted molar refractivity (Wildman–Crippen MR) is 77.1 cm³/mol. The number of hydrogen-bond acceptors (Lipinski definition) is 3. The van der Waals surface area contributed by atoms with E-state index < -0.39 is 0 Å². The third-order valence-corrected chi connectivity index (χ3v) is 3.37. The van der Waals surface area contributed by atoms with Gasteiger partial charge in [-0.25, -0.2) is 0 Å². The molecule has 0 atom stereocenters. The number of aryl methyl sites for hydroxylation is 1. The molecule has 0 bridgehead atoms. The summed E-state index contributed by atoms with van der Waals surface area (Å²) < 4.78 is 5.44. The summed E-state index contributed by atoms with van der Waals surface area (Å²) >= 11 is 3.36. The molecule has 0 aliphatic heterocycles. The molecule has 0 aromatic heterocycles. The summed E-state index contributed by atoms with van der Waals surface area (Å²) in [6.45, 7) is 2.43. The predicted octanol–water partition coefficient (Wildman–Crippen LogP) is 2.78. The van der Waals surface area contributed by atoms with Gasteiger partial charge in [0.1, 0.15) is 0 Å². The zero-order chi connectivity index (χ0) is 14.4. The lowest BCUT2D eigenvalue weighted by Crippen LogP contribution is -2.28. The lowest BCUT2D eigenvalue weighted by atomic mass is 10.1. The maximum absolute atomic E-state index is 12.3. The number of rotatable bonds is 5. The Morgan fingerprint density at radius 2 is 2.05 bits per heavy atom. The Morgan fingerprint density at radius 3 is 2.68 bits per heavy atom. The highest BCUT2D eigenvalue weighted by Crippen LogP contribution is 2.17. The molecule has 1 amide bonds. The summed E-state index contributed by atoms with van der Waals surface area (Å²) in [5.74, 6) is -0.289. The van der Waals surface area contributed by atoms with Crippen molar-refractivity contribution >= 4 is 27.8 Å². The minimum atomic E-state index is -0.250. The average molecular weight is 328 g/mol. The van der Waals surface area contributed by atoms with Crippen LogP contribution in [0.3, 0.4) is 0 Å². The van der Waals surface area contributed by atoms with Crippen LogP contribution in [0.25, 0.3) is 0 Å². The molecule has 5 heteroatoms. The Kier molecular flexibility index (Phi) is 6.02. The third kappa shape index (κ3) is 4.67. The van der Waals surface area contributed by atoms with Crippen LogP contribution in [0.5, 0.6) is 0 Å². The smallest absolute Gasteiger partial charge is 0.305 e. The zero-order valence-electron chi connectivity index (χ0n) is 11.4. The molecule has 0 aliphatic rings. The van der Waals surface area contributed by atoms with Crippen molar-refractivity contribution in [2.45, 2.75) is 19.8 Å². The first kappa shape index (κ1) is 15.7. The quantitative estimate of drug-likeness (QED) is 0.781. The fourth-order valence-corrected chi connectivity index (χ4v) is 2.06. The van der Waals surface area contributed by atoms with Gasteiger partial charge >= 0.3 is 5.97 Å². The molecule has 0 aliphatic carbocycles. The van der Waals surface area contributed by atoms with E-state index >= 15 is 0 Å². The van der Waals surface area contributed by atoms with Gasteiger partial charge in [0.25, 0.3) is 5.91 Å². The number of amides is 1. The van der Waals surface area contributed by atoms with Gasteiger partial charge in [0, 0.05) is 30.0 Å². The number of benzene rings is 1. The van der Waals surface area contributed by atoms with Gasteiger partial charge in [0.05, 0.1) is 7.11 Å². The second-order valence-electron chi connectivity index (χ2n) is 4.37. The first-order valence-corrected chi connectivity index (χ1v) is 6.83. The number of ether oxygens (including phenoxy) is 1. The third-order valence-electron chi connectivity index (χ3n) is 2.88. The number of halogens is 1. The molecule has 19 heavy (non-hydrogen) atoms. The number of nitrogens with zero attached hydrogens (tertiary/aromatic N) is 1. The highest BCUT2D eigenvalue weighted by atomic mass is 79.9. The van der Waals surface area contributed by atoms with Crippen LogP contribution < -0.4 is 0 Å². The zero-order valence-corrected chi connectivity index (χ0v) is 13.0. The van der Waals surface area contributed by atoms with Crippen molar-refractivity contribution in [3.63, 3.8) is 0 Å². The van der Waals surface area contributed by atoms with Crippen LogP contribution in [-0.2, 0) is 9.53 Å². The summed E-state index contributed by atoms with van der Waals surface area (Å²) in [5.41, 5.74) is 1.61. The van der Waals surface area contributed by atoms with Gasteiger partial charge in [0.2, 0.25) is 0 Å². The van der Waals surface area contributed by atoms with Crippen LogP contribution in [0.15, 0.2) is 22.7 Å². The van der Waals surface area contributed by atoms with Crippen LogP contribution in [-0.4, -0.2) is 37.5 Å². The van der Waals surface area contributed by atoms with Gasteiger partial charge in [-0.1, -0.05) is 22.0 Å².